The maximum atomic E-state index is 17.7. The van der Waals surface area contributed by atoms with Crippen molar-refractivity contribution in [2.45, 2.75) is 69.2 Å². The number of piperazine rings is 1. The molecule has 0 spiro atoms. The van der Waals surface area contributed by atoms with Crippen LogP contribution in [0, 0.1) is 30.9 Å². The third-order valence-corrected chi connectivity index (χ3v) is 11.8. The smallest absolute Gasteiger partial charge is 0.319 e. The summed E-state index contributed by atoms with van der Waals surface area (Å²) in [5.74, 6) is 1.62. The Balaban J connectivity index is 1.26. The Bertz CT molecular complexity index is 2300. The van der Waals surface area contributed by atoms with Crippen LogP contribution in [0.15, 0.2) is 28.7 Å². The number of aromatic hydroxyl groups is 1. The molecule has 276 valence electrons. The molecule has 0 amide bonds. The van der Waals surface area contributed by atoms with Gasteiger partial charge in [-0.15, -0.1) is 6.42 Å². The quantitative estimate of drug-likeness (QED) is 0.134. The number of aromatic nitrogens is 3. The van der Waals surface area contributed by atoms with Gasteiger partial charge < -0.3 is 23.9 Å². The molecule has 1 N–H and O–H groups in total. The molecule has 10 nitrogen and oxygen atoms in total. The molecule has 53 heavy (non-hydrogen) atoms. The number of hydrogen-bond donors (Lipinski definition) is 1. The van der Waals surface area contributed by atoms with Crippen molar-refractivity contribution in [2.24, 2.45) is 0 Å². The number of likely N-dealkylation sites (tertiary alicyclic amines) is 1. The second-order valence-electron chi connectivity index (χ2n) is 15.1. The van der Waals surface area contributed by atoms with Crippen molar-refractivity contribution in [2.75, 3.05) is 57.9 Å². The van der Waals surface area contributed by atoms with Gasteiger partial charge in [0.1, 0.15) is 41.2 Å². The number of phenolic OH excluding ortho intramolecular Hbond substituents is 1. The Morgan fingerprint density at radius 3 is 2.66 bits per heavy atom. The van der Waals surface area contributed by atoms with E-state index in [9.17, 15) is 9.50 Å². The largest absolute Gasteiger partial charge is 0.508 e. The van der Waals surface area contributed by atoms with Gasteiger partial charge in [0, 0.05) is 70.7 Å². The van der Waals surface area contributed by atoms with E-state index in [0.29, 0.717) is 36.2 Å². The van der Waals surface area contributed by atoms with Crippen LogP contribution in [0.25, 0.3) is 43.9 Å². The number of aryl methyl sites for hydroxylation is 1. The maximum absolute atomic E-state index is 17.7. The lowest BCUT2D eigenvalue weighted by Gasteiger charge is -2.42. The molecule has 9 rings (SSSR count). The molecule has 3 aromatic carbocycles. The Hall–Kier alpha value is -4.64. The molecule has 0 radical (unpaired) electrons. The zero-order valence-corrected chi connectivity index (χ0v) is 29.8. The minimum absolute atomic E-state index is 0.0190. The topological polar surface area (TPSA) is 100 Å². The van der Waals surface area contributed by atoms with E-state index < -0.39 is 23.3 Å². The summed E-state index contributed by atoms with van der Waals surface area (Å²) in [5.41, 5.74) is -0.0442. The van der Waals surface area contributed by atoms with Gasteiger partial charge in [-0.05, 0) is 67.8 Å². The van der Waals surface area contributed by atoms with E-state index in [2.05, 4.69) is 25.6 Å². The Labute approximate surface area is 304 Å². The van der Waals surface area contributed by atoms with E-state index in [-0.39, 0.29) is 75.0 Å². The van der Waals surface area contributed by atoms with Crippen molar-refractivity contribution in [3.8, 4) is 35.2 Å². The number of methoxy groups -OCH3 is 1. The number of oxazole rings is 1. The molecular weight excluding hydrogens is 685 g/mol. The van der Waals surface area contributed by atoms with E-state index in [4.69, 9.17) is 30.3 Å². The fraction of sp³-hybridized carbons (Fsp3) is 0.475. The number of terminal acetylenes is 1. The second kappa shape index (κ2) is 13.0. The molecule has 4 atom stereocenters. The number of phenols is 1. The van der Waals surface area contributed by atoms with Gasteiger partial charge in [-0.3, -0.25) is 9.80 Å². The molecule has 2 bridgehead atoms. The minimum atomic E-state index is -0.944. The molecular formula is C40H41F3N6O4. The average Bonchev–Trinajstić information content (AvgIpc) is 3.86. The molecule has 2 unspecified atom stereocenters. The molecule has 4 fully saturated rings. The molecule has 13 heteroatoms. The summed E-state index contributed by atoms with van der Waals surface area (Å²) in [6.07, 6.45) is 9.74. The second-order valence-corrected chi connectivity index (χ2v) is 15.1. The molecule has 2 aromatic heterocycles. The molecule has 4 aliphatic rings. The van der Waals surface area contributed by atoms with Gasteiger partial charge in [-0.1, -0.05) is 12.0 Å². The van der Waals surface area contributed by atoms with E-state index in [0.717, 1.165) is 58.3 Å². The van der Waals surface area contributed by atoms with Gasteiger partial charge in [0.25, 0.3) is 0 Å². The zero-order valence-electron chi connectivity index (χ0n) is 29.8. The van der Waals surface area contributed by atoms with Crippen molar-refractivity contribution in [3.63, 3.8) is 0 Å². The molecule has 5 aromatic rings. The van der Waals surface area contributed by atoms with E-state index in [1.165, 1.54) is 24.3 Å². The summed E-state index contributed by atoms with van der Waals surface area (Å²) in [4.78, 5) is 21.3. The number of halogens is 3. The lowest BCUT2D eigenvalue weighted by molar-refractivity contribution is 0.107. The van der Waals surface area contributed by atoms with Crippen LogP contribution in [0.5, 0.6) is 11.8 Å². The van der Waals surface area contributed by atoms with Crippen molar-refractivity contribution >= 4 is 38.6 Å². The summed E-state index contributed by atoms with van der Waals surface area (Å²) in [6.45, 7) is 6.19. The Morgan fingerprint density at radius 1 is 1.08 bits per heavy atom. The number of rotatable bonds is 9. The van der Waals surface area contributed by atoms with Gasteiger partial charge in [-0.2, -0.15) is 9.97 Å². The summed E-state index contributed by atoms with van der Waals surface area (Å²) >= 11 is 0. The van der Waals surface area contributed by atoms with Gasteiger partial charge in [0.05, 0.1) is 22.1 Å². The first-order chi connectivity index (χ1) is 25.7. The van der Waals surface area contributed by atoms with Crippen molar-refractivity contribution < 1.29 is 32.2 Å². The van der Waals surface area contributed by atoms with E-state index in [1.807, 2.05) is 0 Å². The third-order valence-electron chi connectivity index (χ3n) is 11.8. The van der Waals surface area contributed by atoms with E-state index in [1.54, 1.807) is 14.0 Å². The van der Waals surface area contributed by atoms with Crippen molar-refractivity contribution in [1.29, 1.82) is 0 Å². The lowest BCUT2D eigenvalue weighted by atomic mass is 9.92. The number of nitrogens with zero attached hydrogens (tertiary/aromatic N) is 6. The standard InChI is InChI=1S/C40H41F3N6O4/c1-4-28-30(42)10-7-23-15-27(50)16-29(31(23)28)32-34(43)35-33(37-36(32)44-22(2)53-37)38(49-25-8-9-26(49)20-47(19-25)12-6-14-51-3)46-39(45-35)52-21-40-11-5-13-48(40)18-24(41)17-40/h1,7,10,15-16,24-26,50H,5-6,8-9,11-14,17-21H2,2-3H3/t24-,25?,26?,40+/m1/s1. The molecule has 6 heterocycles. The van der Waals surface area contributed by atoms with Crippen LogP contribution in [0.1, 0.15) is 50.0 Å². The summed E-state index contributed by atoms with van der Waals surface area (Å²) in [7, 11) is 1.71. The molecule has 0 saturated carbocycles. The predicted molar refractivity (Wildman–Crippen MR) is 195 cm³/mol. The van der Waals surface area contributed by atoms with Crippen LogP contribution in [0.2, 0.25) is 0 Å². The number of fused-ring (bicyclic) bond motifs is 7. The number of ether oxygens (including phenoxy) is 2. The Morgan fingerprint density at radius 2 is 1.89 bits per heavy atom. The monoisotopic (exact) mass is 726 g/mol. The fourth-order valence-electron chi connectivity index (χ4n) is 9.64. The highest BCUT2D eigenvalue weighted by Gasteiger charge is 2.50. The fourth-order valence-corrected chi connectivity index (χ4v) is 9.64. The molecule has 0 aliphatic carbocycles. The van der Waals surface area contributed by atoms with Crippen LogP contribution >= 0.6 is 0 Å². The maximum Gasteiger partial charge on any atom is 0.319 e. The van der Waals surface area contributed by atoms with Gasteiger partial charge in [0.2, 0.25) is 0 Å². The van der Waals surface area contributed by atoms with Crippen molar-refractivity contribution in [1.82, 2.24) is 24.8 Å². The predicted octanol–water partition coefficient (Wildman–Crippen LogP) is 6.51. The normalized spacial score (nSPS) is 24.5. The highest BCUT2D eigenvalue weighted by molar-refractivity contribution is 6.16. The van der Waals surface area contributed by atoms with Crippen LogP contribution in [0.3, 0.4) is 0 Å². The highest BCUT2D eigenvalue weighted by atomic mass is 19.1. The third kappa shape index (κ3) is 5.56. The summed E-state index contributed by atoms with van der Waals surface area (Å²) in [5, 5.41) is 11.9. The van der Waals surface area contributed by atoms with Crippen LogP contribution in [-0.2, 0) is 4.74 Å². The number of benzene rings is 3. The van der Waals surface area contributed by atoms with E-state index >= 15 is 8.78 Å². The minimum Gasteiger partial charge on any atom is -0.508 e. The SMILES string of the molecule is C#Cc1c(F)ccc2cc(O)cc(-c3c(F)c4nc(OC[C@@]56CCCN5C[C@H](F)C6)nc(N5C6CCC5CN(CCCOC)C6)c4c4oc(C)nc34)c12. The van der Waals surface area contributed by atoms with Crippen LogP contribution in [0.4, 0.5) is 19.0 Å². The molecule has 4 aliphatic heterocycles. The first-order valence-electron chi connectivity index (χ1n) is 18.4. The zero-order chi connectivity index (χ0) is 36.6. The summed E-state index contributed by atoms with van der Waals surface area (Å²) in [6, 6.07) is 5.69. The van der Waals surface area contributed by atoms with Crippen molar-refractivity contribution in [3.05, 3.63) is 47.4 Å². The van der Waals surface area contributed by atoms with Crippen LogP contribution in [-0.4, -0.2) is 107 Å². The average molecular weight is 727 g/mol. The molecule has 4 saturated heterocycles. The van der Waals surface area contributed by atoms with Gasteiger partial charge >= 0.3 is 6.01 Å². The van der Waals surface area contributed by atoms with Gasteiger partial charge in [-0.25, -0.2) is 18.2 Å². The first kappa shape index (κ1) is 34.1. The Kier molecular flexibility index (Phi) is 8.40. The first-order valence-corrected chi connectivity index (χ1v) is 18.4. The summed E-state index contributed by atoms with van der Waals surface area (Å²) < 4.78 is 65.7. The lowest BCUT2D eigenvalue weighted by Crippen LogP contribution is -2.54. The van der Waals surface area contributed by atoms with Crippen LogP contribution < -0.4 is 9.64 Å². The highest BCUT2D eigenvalue weighted by Crippen LogP contribution is 2.47. The van der Waals surface area contributed by atoms with Gasteiger partial charge in [0.15, 0.2) is 17.3 Å². The number of anilines is 1. The number of alkyl halides is 1. The number of hydrogen-bond acceptors (Lipinski definition) is 10.